The first-order valence-corrected chi connectivity index (χ1v) is 7.58. The summed E-state index contributed by atoms with van der Waals surface area (Å²) in [5, 5.41) is 4.06. The van der Waals surface area contributed by atoms with Crippen molar-refractivity contribution in [3.05, 3.63) is 24.2 Å². The summed E-state index contributed by atoms with van der Waals surface area (Å²) in [5.74, 6) is -1.82. The van der Waals surface area contributed by atoms with Crippen LogP contribution in [0.3, 0.4) is 0 Å². The number of alkyl halides is 4. The van der Waals surface area contributed by atoms with E-state index in [9.17, 15) is 18.8 Å². The molecule has 1 aliphatic heterocycles. The van der Waals surface area contributed by atoms with Crippen LogP contribution in [0.2, 0.25) is 0 Å². The number of imide groups is 1. The molecule has 1 saturated heterocycles. The largest absolute Gasteiger partial charge is 0.459 e. The lowest BCUT2D eigenvalue weighted by atomic mass is 10.3. The SMILES string of the molecule is O=C(NC(OCN1CC(F)C(=O)NC1=O)C(Cl)(Cl)Cl)c1ccco1. The summed E-state index contributed by atoms with van der Waals surface area (Å²) >= 11 is 17.2. The Labute approximate surface area is 150 Å². The van der Waals surface area contributed by atoms with Crippen LogP contribution in [-0.4, -0.2) is 52.2 Å². The molecule has 2 heterocycles. The fourth-order valence-electron chi connectivity index (χ4n) is 1.71. The van der Waals surface area contributed by atoms with E-state index in [1.54, 1.807) is 5.32 Å². The maximum atomic E-state index is 13.3. The third-order valence-corrected chi connectivity index (χ3v) is 3.48. The van der Waals surface area contributed by atoms with Gasteiger partial charge in [-0.3, -0.25) is 19.8 Å². The van der Waals surface area contributed by atoms with E-state index in [1.165, 1.54) is 18.4 Å². The second-order valence-corrected chi connectivity index (χ2v) is 7.02. The number of carbonyl (C=O) groups is 3. The molecule has 2 unspecified atom stereocenters. The Hall–Kier alpha value is -1.55. The minimum Gasteiger partial charge on any atom is -0.459 e. The van der Waals surface area contributed by atoms with Crippen LogP contribution in [0.5, 0.6) is 0 Å². The monoisotopic (exact) mass is 401 g/mol. The van der Waals surface area contributed by atoms with Gasteiger partial charge in [-0.15, -0.1) is 0 Å². The number of urea groups is 1. The molecule has 1 fully saturated rings. The summed E-state index contributed by atoms with van der Waals surface area (Å²) in [5.41, 5.74) is 0. The maximum Gasteiger partial charge on any atom is 0.326 e. The first-order valence-electron chi connectivity index (χ1n) is 6.45. The molecule has 1 aromatic heterocycles. The number of furan rings is 1. The molecule has 0 spiro atoms. The second-order valence-electron chi connectivity index (χ2n) is 4.65. The fraction of sp³-hybridized carbons (Fsp3) is 0.417. The van der Waals surface area contributed by atoms with Gasteiger partial charge >= 0.3 is 6.03 Å². The van der Waals surface area contributed by atoms with Crippen molar-refractivity contribution in [2.75, 3.05) is 13.3 Å². The van der Waals surface area contributed by atoms with Gasteiger partial charge in [-0.2, -0.15) is 0 Å². The van der Waals surface area contributed by atoms with Crippen LogP contribution in [0.15, 0.2) is 22.8 Å². The van der Waals surface area contributed by atoms with Gasteiger partial charge in [0, 0.05) is 0 Å². The highest BCUT2D eigenvalue weighted by Gasteiger charge is 2.38. The van der Waals surface area contributed by atoms with E-state index in [2.05, 4.69) is 5.32 Å². The normalized spacial score (nSPS) is 19.8. The van der Waals surface area contributed by atoms with Crippen molar-refractivity contribution in [1.29, 1.82) is 0 Å². The molecule has 0 aromatic carbocycles. The van der Waals surface area contributed by atoms with Crippen molar-refractivity contribution in [2.24, 2.45) is 0 Å². The van der Waals surface area contributed by atoms with Crippen molar-refractivity contribution in [3.8, 4) is 0 Å². The van der Waals surface area contributed by atoms with Gasteiger partial charge in [0.25, 0.3) is 11.8 Å². The first-order chi connectivity index (χ1) is 11.2. The van der Waals surface area contributed by atoms with E-state index in [-0.39, 0.29) is 5.76 Å². The average molecular weight is 403 g/mol. The molecule has 1 aromatic rings. The summed E-state index contributed by atoms with van der Waals surface area (Å²) in [7, 11) is 0. The molecule has 0 radical (unpaired) electrons. The van der Waals surface area contributed by atoms with Crippen LogP contribution in [-0.2, 0) is 9.53 Å². The molecule has 2 atom stereocenters. The van der Waals surface area contributed by atoms with E-state index in [0.29, 0.717) is 0 Å². The van der Waals surface area contributed by atoms with Crippen LogP contribution >= 0.6 is 34.8 Å². The van der Waals surface area contributed by atoms with E-state index < -0.39 is 47.3 Å². The molecule has 4 amide bonds. The Kier molecular flexibility index (Phi) is 5.92. The molecule has 2 rings (SSSR count). The van der Waals surface area contributed by atoms with Crippen molar-refractivity contribution >= 4 is 52.6 Å². The van der Waals surface area contributed by atoms with E-state index in [4.69, 9.17) is 44.0 Å². The van der Waals surface area contributed by atoms with Gasteiger partial charge in [-0.25, -0.2) is 9.18 Å². The fourth-order valence-corrected chi connectivity index (χ4v) is 2.07. The zero-order valence-corrected chi connectivity index (χ0v) is 14.1. The standard InChI is InChI=1S/C12H11Cl3FN3O5/c13-12(14,15)10(17-9(21)7-2-1-3-23-7)24-5-19-4-6(16)8(20)18-11(19)22/h1-3,6,10H,4-5H2,(H,17,21)(H,18,20,22). The number of ether oxygens (including phenoxy) is 1. The molecular weight excluding hydrogens is 392 g/mol. The second kappa shape index (κ2) is 7.56. The molecule has 0 aliphatic carbocycles. The summed E-state index contributed by atoms with van der Waals surface area (Å²) in [6, 6.07) is 1.99. The maximum absolute atomic E-state index is 13.3. The number of rotatable bonds is 5. The average Bonchev–Trinajstić information content (AvgIpc) is 3.01. The summed E-state index contributed by atoms with van der Waals surface area (Å²) in [6.45, 7) is -1.06. The minimum absolute atomic E-state index is 0.0528. The Morgan fingerprint density at radius 1 is 1.54 bits per heavy atom. The third kappa shape index (κ3) is 4.73. The van der Waals surface area contributed by atoms with E-state index in [1.807, 2.05) is 0 Å². The molecule has 24 heavy (non-hydrogen) atoms. The number of carbonyl (C=O) groups excluding carboxylic acids is 3. The van der Waals surface area contributed by atoms with Crippen molar-refractivity contribution in [1.82, 2.24) is 15.5 Å². The quantitative estimate of drug-likeness (QED) is 0.575. The van der Waals surface area contributed by atoms with Crippen LogP contribution in [0.4, 0.5) is 9.18 Å². The van der Waals surface area contributed by atoms with Crippen molar-refractivity contribution < 1.29 is 27.9 Å². The number of hydrogen-bond donors (Lipinski definition) is 2. The Morgan fingerprint density at radius 3 is 2.83 bits per heavy atom. The van der Waals surface area contributed by atoms with Crippen LogP contribution < -0.4 is 10.6 Å². The number of amides is 4. The molecule has 2 N–H and O–H groups in total. The van der Waals surface area contributed by atoms with Gasteiger partial charge in [0.1, 0.15) is 6.73 Å². The molecule has 12 heteroatoms. The summed E-state index contributed by atoms with van der Waals surface area (Å²) < 4.78 is 21.3. The lowest BCUT2D eigenvalue weighted by Crippen LogP contribution is -2.57. The highest BCUT2D eigenvalue weighted by atomic mass is 35.6. The number of nitrogens with zero attached hydrogens (tertiary/aromatic N) is 1. The zero-order valence-electron chi connectivity index (χ0n) is 11.8. The number of halogens is 4. The smallest absolute Gasteiger partial charge is 0.326 e. The first kappa shape index (κ1) is 18.8. The predicted octanol–water partition coefficient (Wildman–Crippen LogP) is 1.57. The van der Waals surface area contributed by atoms with Crippen molar-refractivity contribution in [3.63, 3.8) is 0 Å². The van der Waals surface area contributed by atoms with E-state index in [0.717, 1.165) is 4.90 Å². The highest BCUT2D eigenvalue weighted by Crippen LogP contribution is 2.31. The summed E-state index contributed by atoms with van der Waals surface area (Å²) in [6.07, 6.45) is -2.10. The number of hydrogen-bond acceptors (Lipinski definition) is 5. The van der Waals surface area contributed by atoms with Crippen LogP contribution in [0.1, 0.15) is 10.6 Å². The zero-order chi connectivity index (χ0) is 17.9. The molecule has 132 valence electrons. The summed E-state index contributed by atoms with van der Waals surface area (Å²) in [4.78, 5) is 35.3. The molecule has 0 bridgehead atoms. The van der Waals surface area contributed by atoms with Gasteiger partial charge in [-0.1, -0.05) is 34.8 Å². The molecular formula is C12H11Cl3FN3O5. The molecule has 8 nitrogen and oxygen atoms in total. The lowest BCUT2D eigenvalue weighted by Gasteiger charge is -2.31. The third-order valence-electron chi connectivity index (χ3n) is 2.88. The Balaban J connectivity index is 1.98. The van der Waals surface area contributed by atoms with Crippen molar-refractivity contribution in [2.45, 2.75) is 16.2 Å². The van der Waals surface area contributed by atoms with Gasteiger partial charge in [-0.05, 0) is 12.1 Å². The van der Waals surface area contributed by atoms with Gasteiger partial charge < -0.3 is 14.5 Å². The van der Waals surface area contributed by atoms with E-state index >= 15 is 0 Å². The Bertz CT molecular complexity index is 622. The highest BCUT2D eigenvalue weighted by molar-refractivity contribution is 6.68. The van der Waals surface area contributed by atoms with Gasteiger partial charge in [0.15, 0.2) is 18.2 Å². The topological polar surface area (TPSA) is 101 Å². The van der Waals surface area contributed by atoms with Gasteiger partial charge in [0.2, 0.25) is 3.79 Å². The van der Waals surface area contributed by atoms with Gasteiger partial charge in [0.05, 0.1) is 12.8 Å². The lowest BCUT2D eigenvalue weighted by molar-refractivity contribution is -0.128. The van der Waals surface area contributed by atoms with Crippen LogP contribution in [0, 0.1) is 0 Å². The minimum atomic E-state index is -2.08. The Morgan fingerprint density at radius 2 is 2.25 bits per heavy atom. The van der Waals surface area contributed by atoms with Crippen LogP contribution in [0.25, 0.3) is 0 Å². The molecule has 0 saturated carbocycles. The molecule has 1 aliphatic rings. The predicted molar refractivity (Wildman–Crippen MR) is 81.3 cm³/mol. The number of nitrogens with one attached hydrogen (secondary N) is 2.